The van der Waals surface area contributed by atoms with Crippen molar-refractivity contribution in [3.63, 3.8) is 0 Å². The van der Waals surface area contributed by atoms with Crippen molar-refractivity contribution >= 4 is 16.0 Å². The molecule has 1 aliphatic rings. The van der Waals surface area contributed by atoms with Gasteiger partial charge in [0.05, 0.1) is 6.20 Å². The van der Waals surface area contributed by atoms with Gasteiger partial charge in [0, 0.05) is 6.04 Å². The Balaban J connectivity index is 2.12. The molecule has 0 saturated heterocycles. The SMILES string of the molecule is C[C@@H](NS(=O)(=O)c1[nH]ncc1C(=O)O)C1CCCCCC1. The lowest BCUT2D eigenvalue weighted by Gasteiger charge is -2.23. The average Bonchev–Trinajstić information content (AvgIpc) is 2.75. The minimum Gasteiger partial charge on any atom is -0.478 e. The fourth-order valence-corrected chi connectivity index (χ4v) is 4.24. The van der Waals surface area contributed by atoms with Crippen LogP contribution in [0.1, 0.15) is 55.8 Å². The molecule has 7 nitrogen and oxygen atoms in total. The number of nitrogens with zero attached hydrogens (tertiary/aromatic N) is 1. The average molecular weight is 315 g/mol. The Hall–Kier alpha value is -1.41. The van der Waals surface area contributed by atoms with Crippen molar-refractivity contribution in [3.05, 3.63) is 11.8 Å². The number of hydrogen-bond acceptors (Lipinski definition) is 4. The maximum absolute atomic E-state index is 12.3. The fraction of sp³-hybridized carbons (Fsp3) is 0.692. The number of aromatic carboxylic acids is 1. The number of nitrogens with one attached hydrogen (secondary N) is 2. The second-order valence-electron chi connectivity index (χ2n) is 5.58. The van der Waals surface area contributed by atoms with Gasteiger partial charge in [-0.3, -0.25) is 5.10 Å². The smallest absolute Gasteiger partial charge is 0.340 e. The number of aromatic amines is 1. The number of hydrogen-bond donors (Lipinski definition) is 3. The zero-order valence-corrected chi connectivity index (χ0v) is 12.8. The van der Waals surface area contributed by atoms with Crippen LogP contribution in [0.4, 0.5) is 0 Å². The van der Waals surface area contributed by atoms with Crippen molar-refractivity contribution in [3.8, 4) is 0 Å². The number of carboxylic acids is 1. The Morgan fingerprint density at radius 1 is 1.38 bits per heavy atom. The van der Waals surface area contributed by atoms with Crippen LogP contribution in [-0.2, 0) is 10.0 Å². The molecule has 1 heterocycles. The van der Waals surface area contributed by atoms with Crippen LogP contribution >= 0.6 is 0 Å². The molecule has 0 amide bonds. The molecule has 21 heavy (non-hydrogen) atoms. The summed E-state index contributed by atoms with van der Waals surface area (Å²) < 4.78 is 27.2. The van der Waals surface area contributed by atoms with E-state index in [-0.39, 0.29) is 16.6 Å². The Bertz CT molecular complexity index is 588. The number of sulfonamides is 1. The highest BCUT2D eigenvalue weighted by atomic mass is 32.2. The van der Waals surface area contributed by atoms with Gasteiger partial charge in [0.2, 0.25) is 0 Å². The van der Waals surface area contributed by atoms with Crippen LogP contribution in [0.2, 0.25) is 0 Å². The first kappa shape index (κ1) is 16.0. The third-order valence-corrected chi connectivity index (χ3v) is 5.58. The summed E-state index contributed by atoms with van der Waals surface area (Å²) in [7, 11) is -3.90. The molecule has 0 spiro atoms. The van der Waals surface area contributed by atoms with Crippen LogP contribution in [0.3, 0.4) is 0 Å². The minimum atomic E-state index is -3.90. The molecule has 2 rings (SSSR count). The number of carbonyl (C=O) groups is 1. The van der Waals surface area contributed by atoms with E-state index in [1.165, 1.54) is 12.8 Å². The van der Waals surface area contributed by atoms with E-state index in [0.29, 0.717) is 5.92 Å². The van der Waals surface area contributed by atoms with Crippen LogP contribution < -0.4 is 4.72 Å². The van der Waals surface area contributed by atoms with Crippen molar-refractivity contribution in [1.82, 2.24) is 14.9 Å². The number of H-pyrrole nitrogens is 1. The van der Waals surface area contributed by atoms with Crippen LogP contribution in [0.25, 0.3) is 0 Å². The summed E-state index contributed by atoms with van der Waals surface area (Å²) in [6.07, 6.45) is 7.62. The molecule has 118 valence electrons. The number of rotatable bonds is 5. The topological polar surface area (TPSA) is 112 Å². The van der Waals surface area contributed by atoms with Crippen LogP contribution in [0.5, 0.6) is 0 Å². The van der Waals surface area contributed by atoms with Gasteiger partial charge in [-0.05, 0) is 25.7 Å². The molecular formula is C13H21N3O4S. The van der Waals surface area contributed by atoms with Crippen molar-refractivity contribution in [2.75, 3.05) is 0 Å². The predicted molar refractivity (Wildman–Crippen MR) is 76.5 cm³/mol. The monoisotopic (exact) mass is 315 g/mol. The molecule has 0 unspecified atom stereocenters. The van der Waals surface area contributed by atoms with E-state index in [0.717, 1.165) is 31.9 Å². The lowest BCUT2D eigenvalue weighted by Crippen LogP contribution is -2.38. The van der Waals surface area contributed by atoms with E-state index in [1.54, 1.807) is 0 Å². The van der Waals surface area contributed by atoms with Gasteiger partial charge in [-0.15, -0.1) is 0 Å². The molecular weight excluding hydrogens is 294 g/mol. The fourth-order valence-electron chi connectivity index (χ4n) is 2.84. The van der Waals surface area contributed by atoms with Crippen LogP contribution in [0, 0.1) is 5.92 Å². The molecule has 1 aromatic rings. The van der Waals surface area contributed by atoms with Gasteiger partial charge in [-0.1, -0.05) is 25.7 Å². The first-order valence-corrected chi connectivity index (χ1v) is 8.69. The molecule has 1 atom stereocenters. The predicted octanol–water partition coefficient (Wildman–Crippen LogP) is 1.75. The van der Waals surface area contributed by atoms with E-state index in [2.05, 4.69) is 14.9 Å². The zero-order chi connectivity index (χ0) is 15.5. The number of aromatic nitrogens is 2. The summed E-state index contributed by atoms with van der Waals surface area (Å²) in [5.74, 6) is -1.02. The van der Waals surface area contributed by atoms with Crippen LogP contribution in [0.15, 0.2) is 11.2 Å². The summed E-state index contributed by atoms with van der Waals surface area (Å²) in [5.41, 5.74) is -0.337. The van der Waals surface area contributed by atoms with Crippen LogP contribution in [-0.4, -0.2) is 35.7 Å². The third-order valence-electron chi connectivity index (χ3n) is 4.05. The van der Waals surface area contributed by atoms with E-state index >= 15 is 0 Å². The molecule has 1 saturated carbocycles. The van der Waals surface area contributed by atoms with Gasteiger partial charge in [-0.2, -0.15) is 5.10 Å². The zero-order valence-electron chi connectivity index (χ0n) is 12.0. The second-order valence-corrected chi connectivity index (χ2v) is 7.23. The normalized spacial score (nSPS) is 19.1. The standard InChI is InChI=1S/C13H21N3O4S/c1-9(10-6-4-2-3-5-7-10)16-21(19,20)12-11(13(17)18)8-14-15-12/h8-10,16H,2-7H2,1H3,(H,14,15)(H,17,18)/t9-/m1/s1. The first-order chi connectivity index (χ1) is 9.92. The van der Waals surface area contributed by atoms with E-state index in [4.69, 9.17) is 5.11 Å². The quantitative estimate of drug-likeness (QED) is 0.717. The molecule has 8 heteroatoms. The van der Waals surface area contributed by atoms with Crippen molar-refractivity contribution in [1.29, 1.82) is 0 Å². The van der Waals surface area contributed by atoms with E-state index < -0.39 is 16.0 Å². The van der Waals surface area contributed by atoms with Gasteiger partial charge in [-0.25, -0.2) is 17.9 Å². The van der Waals surface area contributed by atoms with E-state index in [1.807, 2.05) is 6.92 Å². The van der Waals surface area contributed by atoms with E-state index in [9.17, 15) is 13.2 Å². The largest absolute Gasteiger partial charge is 0.478 e. The molecule has 1 fully saturated rings. The lowest BCUT2D eigenvalue weighted by atomic mass is 9.94. The van der Waals surface area contributed by atoms with Crippen molar-refractivity contribution in [2.45, 2.75) is 56.5 Å². The first-order valence-electron chi connectivity index (χ1n) is 7.21. The molecule has 1 aliphatic carbocycles. The minimum absolute atomic E-state index is 0.224. The summed E-state index contributed by atoms with van der Waals surface area (Å²) in [4.78, 5) is 11.0. The maximum Gasteiger partial charge on any atom is 0.340 e. The lowest BCUT2D eigenvalue weighted by molar-refractivity contribution is 0.0692. The summed E-state index contributed by atoms with van der Waals surface area (Å²) in [5, 5.41) is 14.4. The number of carboxylic acid groups (broad SMARTS) is 1. The Morgan fingerprint density at radius 3 is 2.57 bits per heavy atom. The van der Waals surface area contributed by atoms with Gasteiger partial charge in [0.1, 0.15) is 5.56 Å². The van der Waals surface area contributed by atoms with Gasteiger partial charge in [0.15, 0.2) is 5.03 Å². The summed E-state index contributed by atoms with van der Waals surface area (Å²) >= 11 is 0. The Kier molecular flexibility index (Phi) is 5.00. The second kappa shape index (κ2) is 6.57. The summed E-state index contributed by atoms with van der Waals surface area (Å²) in [6.45, 7) is 1.84. The highest BCUT2D eigenvalue weighted by molar-refractivity contribution is 7.89. The summed E-state index contributed by atoms with van der Waals surface area (Å²) in [6, 6.07) is -0.224. The molecule has 0 aromatic carbocycles. The highest BCUT2D eigenvalue weighted by Gasteiger charge is 2.29. The Morgan fingerprint density at radius 2 is 2.00 bits per heavy atom. The van der Waals surface area contributed by atoms with Gasteiger partial charge in [0.25, 0.3) is 10.0 Å². The molecule has 3 N–H and O–H groups in total. The molecule has 0 aliphatic heterocycles. The van der Waals surface area contributed by atoms with Crippen molar-refractivity contribution in [2.24, 2.45) is 5.92 Å². The maximum atomic E-state index is 12.3. The van der Waals surface area contributed by atoms with Gasteiger partial charge < -0.3 is 5.11 Å². The molecule has 0 radical (unpaired) electrons. The molecule has 1 aromatic heterocycles. The van der Waals surface area contributed by atoms with Gasteiger partial charge >= 0.3 is 5.97 Å². The van der Waals surface area contributed by atoms with Crippen molar-refractivity contribution < 1.29 is 18.3 Å². The molecule has 0 bridgehead atoms. The highest BCUT2D eigenvalue weighted by Crippen LogP contribution is 2.26. The third kappa shape index (κ3) is 3.82. The Labute approximate surface area is 124 Å².